The number of amides is 2. The first-order valence-electron chi connectivity index (χ1n) is 11.2. The second-order valence-electron chi connectivity index (χ2n) is 8.42. The summed E-state index contributed by atoms with van der Waals surface area (Å²) in [6.07, 6.45) is 2.07. The van der Waals surface area contributed by atoms with Crippen LogP contribution in [0.1, 0.15) is 41.7 Å². The summed E-state index contributed by atoms with van der Waals surface area (Å²) in [5.41, 5.74) is 2.46. The Morgan fingerprint density at radius 2 is 1.73 bits per heavy atom. The molecule has 0 radical (unpaired) electrons. The molecule has 0 aliphatic heterocycles. The minimum atomic E-state index is -0.117. The Kier molecular flexibility index (Phi) is 6.01. The van der Waals surface area contributed by atoms with Crippen molar-refractivity contribution in [2.24, 2.45) is 0 Å². The van der Waals surface area contributed by atoms with Crippen LogP contribution < -0.4 is 10.6 Å². The predicted octanol–water partition coefficient (Wildman–Crippen LogP) is 5.25. The van der Waals surface area contributed by atoms with E-state index in [0.29, 0.717) is 10.6 Å². The normalized spacial score (nSPS) is 14.2. The van der Waals surface area contributed by atoms with Gasteiger partial charge in [-0.1, -0.05) is 72.4 Å². The van der Waals surface area contributed by atoms with Gasteiger partial charge >= 0.3 is 0 Å². The number of fused-ring (bicyclic) bond motifs is 2. The third-order valence-corrected chi connectivity index (χ3v) is 6.78. The first-order chi connectivity index (χ1) is 16.1. The van der Waals surface area contributed by atoms with Crippen molar-refractivity contribution in [3.63, 3.8) is 0 Å². The van der Waals surface area contributed by atoms with Gasteiger partial charge in [-0.3, -0.25) is 9.59 Å². The third kappa shape index (κ3) is 4.86. The zero-order chi connectivity index (χ0) is 22.8. The highest BCUT2D eigenvalue weighted by molar-refractivity contribution is 7.99. The number of hydrogen-bond acceptors (Lipinski definition) is 4. The van der Waals surface area contributed by atoms with Crippen LogP contribution >= 0.6 is 11.8 Å². The van der Waals surface area contributed by atoms with Crippen molar-refractivity contribution in [3.8, 4) is 0 Å². The van der Waals surface area contributed by atoms with Crippen LogP contribution in [0.3, 0.4) is 0 Å². The molecule has 1 aliphatic rings. The lowest BCUT2D eigenvalue weighted by Gasteiger charge is -2.16. The number of nitrogens with zero attached hydrogens (tertiary/aromatic N) is 1. The molecular formula is C27H25N3O2S. The number of benzene rings is 3. The summed E-state index contributed by atoms with van der Waals surface area (Å²) in [4.78, 5) is 30.2. The fraction of sp³-hybridized carbons (Fsp3) is 0.222. The van der Waals surface area contributed by atoms with Crippen molar-refractivity contribution < 1.29 is 9.59 Å². The molecule has 6 heteroatoms. The number of hydrogen-bond donors (Lipinski definition) is 2. The monoisotopic (exact) mass is 455 g/mol. The van der Waals surface area contributed by atoms with Gasteiger partial charge in [0.1, 0.15) is 0 Å². The molecule has 1 aromatic heterocycles. The zero-order valence-electron chi connectivity index (χ0n) is 18.4. The smallest absolute Gasteiger partial charge is 0.252 e. The van der Waals surface area contributed by atoms with Crippen molar-refractivity contribution >= 4 is 45.3 Å². The summed E-state index contributed by atoms with van der Waals surface area (Å²) < 4.78 is 0. The molecule has 1 heterocycles. The van der Waals surface area contributed by atoms with Crippen LogP contribution in [-0.2, 0) is 4.79 Å². The number of nitrogens with one attached hydrogen (secondary N) is 2. The quantitative estimate of drug-likeness (QED) is 0.374. The molecule has 2 amide bonds. The standard InChI is InChI=1S/C27H25N3O2S/c1-17(20-11-6-8-18-7-2-3-9-21(18)20)28-25(31)16-33-26-15-23(27(32)29-19-13-14-19)22-10-4-5-12-24(22)30-26/h2-12,15,17,19H,13-14,16H2,1H3,(H,28,31)(H,29,32). The van der Waals surface area contributed by atoms with E-state index in [4.69, 9.17) is 0 Å². The van der Waals surface area contributed by atoms with Crippen molar-refractivity contribution in [2.45, 2.75) is 36.9 Å². The van der Waals surface area contributed by atoms with E-state index in [1.165, 1.54) is 11.8 Å². The van der Waals surface area contributed by atoms with E-state index in [0.717, 1.165) is 40.1 Å². The maximum Gasteiger partial charge on any atom is 0.252 e. The second kappa shape index (κ2) is 9.24. The molecule has 166 valence electrons. The second-order valence-corrected chi connectivity index (χ2v) is 9.41. The molecule has 1 saturated carbocycles. The highest BCUT2D eigenvalue weighted by atomic mass is 32.2. The van der Waals surface area contributed by atoms with E-state index in [1.807, 2.05) is 49.4 Å². The molecule has 0 saturated heterocycles. The number of carbonyl (C=O) groups is 2. The van der Waals surface area contributed by atoms with Gasteiger partial charge < -0.3 is 10.6 Å². The van der Waals surface area contributed by atoms with Crippen molar-refractivity contribution in [3.05, 3.63) is 83.9 Å². The molecule has 1 unspecified atom stereocenters. The van der Waals surface area contributed by atoms with Crippen LogP contribution in [0.25, 0.3) is 21.7 Å². The minimum Gasteiger partial charge on any atom is -0.349 e. The molecule has 4 aromatic rings. The summed E-state index contributed by atoms with van der Waals surface area (Å²) in [6.45, 7) is 2.00. The Labute approximate surface area is 197 Å². The maximum atomic E-state index is 12.8. The molecule has 5 rings (SSSR count). The molecule has 5 nitrogen and oxygen atoms in total. The summed E-state index contributed by atoms with van der Waals surface area (Å²) in [7, 11) is 0. The Hall–Kier alpha value is -3.38. The molecule has 2 N–H and O–H groups in total. The van der Waals surface area contributed by atoms with Crippen molar-refractivity contribution in [1.29, 1.82) is 0 Å². The van der Waals surface area contributed by atoms with E-state index in [2.05, 4.69) is 39.9 Å². The SMILES string of the molecule is CC(NC(=O)CSc1cc(C(=O)NC2CC2)c2ccccc2n1)c1cccc2ccccc12. The Morgan fingerprint density at radius 3 is 2.55 bits per heavy atom. The van der Waals surface area contributed by atoms with Gasteiger partial charge in [0, 0.05) is 11.4 Å². The lowest BCUT2D eigenvalue weighted by molar-refractivity contribution is -0.119. The van der Waals surface area contributed by atoms with E-state index in [-0.39, 0.29) is 29.7 Å². The number of rotatable bonds is 7. The molecule has 0 bridgehead atoms. The van der Waals surface area contributed by atoms with E-state index in [9.17, 15) is 9.59 Å². The minimum absolute atomic E-state index is 0.0700. The van der Waals surface area contributed by atoms with Gasteiger partial charge in [0.15, 0.2) is 0 Å². The van der Waals surface area contributed by atoms with Crippen LogP contribution in [0, 0.1) is 0 Å². The summed E-state index contributed by atoms with van der Waals surface area (Å²) in [5.74, 6) is 0.0794. The summed E-state index contributed by atoms with van der Waals surface area (Å²) >= 11 is 1.35. The average molecular weight is 456 g/mol. The van der Waals surface area contributed by atoms with Gasteiger partial charge in [-0.2, -0.15) is 0 Å². The van der Waals surface area contributed by atoms with Crippen molar-refractivity contribution in [2.75, 3.05) is 5.75 Å². The lowest BCUT2D eigenvalue weighted by Crippen LogP contribution is -2.28. The van der Waals surface area contributed by atoms with Gasteiger partial charge in [-0.25, -0.2) is 4.98 Å². The molecular weight excluding hydrogens is 430 g/mol. The fourth-order valence-electron chi connectivity index (χ4n) is 4.03. The lowest BCUT2D eigenvalue weighted by atomic mass is 10.00. The first-order valence-corrected chi connectivity index (χ1v) is 12.2. The fourth-order valence-corrected chi connectivity index (χ4v) is 4.76. The number of pyridine rings is 1. The average Bonchev–Trinajstić information content (AvgIpc) is 3.65. The third-order valence-electron chi connectivity index (χ3n) is 5.87. The first kappa shape index (κ1) is 21.5. The van der Waals surface area contributed by atoms with Gasteiger partial charge in [0.25, 0.3) is 5.91 Å². The van der Waals surface area contributed by atoms with E-state index in [1.54, 1.807) is 6.07 Å². The Bertz CT molecular complexity index is 1340. The molecule has 1 atom stereocenters. The summed E-state index contributed by atoms with van der Waals surface area (Å²) in [5, 5.41) is 9.95. The number of thioether (sulfide) groups is 1. The van der Waals surface area contributed by atoms with Crippen molar-refractivity contribution in [1.82, 2.24) is 15.6 Å². The molecule has 1 fully saturated rings. The summed E-state index contributed by atoms with van der Waals surface area (Å²) in [6, 6.07) is 23.9. The topological polar surface area (TPSA) is 71.1 Å². The van der Waals surface area contributed by atoms with Crippen LogP contribution in [-0.4, -0.2) is 28.6 Å². The molecule has 1 aliphatic carbocycles. The largest absolute Gasteiger partial charge is 0.349 e. The predicted molar refractivity (Wildman–Crippen MR) is 133 cm³/mol. The van der Waals surface area contributed by atoms with E-state index >= 15 is 0 Å². The zero-order valence-corrected chi connectivity index (χ0v) is 19.2. The number of carbonyl (C=O) groups excluding carboxylic acids is 2. The molecule has 33 heavy (non-hydrogen) atoms. The number of para-hydroxylation sites is 1. The number of aromatic nitrogens is 1. The van der Waals surface area contributed by atoms with Gasteiger partial charge in [-0.05, 0) is 48.2 Å². The van der Waals surface area contributed by atoms with Gasteiger partial charge in [-0.15, -0.1) is 0 Å². The van der Waals surface area contributed by atoms with Crippen LogP contribution in [0.4, 0.5) is 0 Å². The van der Waals surface area contributed by atoms with Crippen LogP contribution in [0.2, 0.25) is 0 Å². The highest BCUT2D eigenvalue weighted by Gasteiger charge is 2.25. The van der Waals surface area contributed by atoms with Crippen LogP contribution in [0.5, 0.6) is 0 Å². The Morgan fingerprint density at radius 1 is 1.00 bits per heavy atom. The molecule has 3 aromatic carbocycles. The van der Waals surface area contributed by atoms with E-state index < -0.39 is 0 Å². The van der Waals surface area contributed by atoms with Crippen LogP contribution in [0.15, 0.2) is 77.8 Å². The maximum absolute atomic E-state index is 12.8. The van der Waals surface area contributed by atoms with Gasteiger partial charge in [0.2, 0.25) is 5.91 Å². The van der Waals surface area contributed by atoms with Gasteiger partial charge in [0.05, 0.1) is 27.9 Å². The molecule has 0 spiro atoms. The highest BCUT2D eigenvalue weighted by Crippen LogP contribution is 2.27. The Balaban J connectivity index is 1.30.